The minimum atomic E-state index is -0.600. The third-order valence-corrected chi connectivity index (χ3v) is 5.33. The van der Waals surface area contributed by atoms with Gasteiger partial charge in [0.25, 0.3) is 11.8 Å². The molecule has 7 nitrogen and oxygen atoms in total. The third-order valence-electron chi connectivity index (χ3n) is 5.05. The highest BCUT2D eigenvalue weighted by Crippen LogP contribution is 2.37. The number of carbonyl (C=O) groups excluding carboxylic acids is 2. The molecule has 0 atom stereocenters. The van der Waals surface area contributed by atoms with Crippen LogP contribution in [0.5, 0.6) is 11.5 Å². The Kier molecular flexibility index (Phi) is 8.66. The zero-order chi connectivity index (χ0) is 26.2. The normalized spacial score (nSPS) is 10.8. The molecule has 0 aliphatic rings. The van der Waals surface area contributed by atoms with Crippen molar-refractivity contribution in [2.45, 2.75) is 13.8 Å². The van der Waals surface area contributed by atoms with Gasteiger partial charge < -0.3 is 20.1 Å². The number of aryl methyl sites for hydroxylation is 2. The summed E-state index contributed by atoms with van der Waals surface area (Å²) in [6.45, 7) is 3.35. The summed E-state index contributed by atoms with van der Waals surface area (Å²) in [5.74, 6) is -1.49. The lowest BCUT2D eigenvalue weighted by molar-refractivity contribution is -0.118. The van der Waals surface area contributed by atoms with Gasteiger partial charge in [0.05, 0.1) is 17.8 Å². The monoisotopic (exact) mass is 507 g/mol. The number of hydrogen-bond donors (Lipinski definition) is 2. The predicted octanol–water partition coefficient (Wildman–Crippen LogP) is 5.67. The quantitative estimate of drug-likeness (QED) is 0.302. The van der Waals surface area contributed by atoms with Crippen LogP contribution in [0.3, 0.4) is 0 Å². The van der Waals surface area contributed by atoms with Crippen molar-refractivity contribution < 1.29 is 23.5 Å². The smallest absolute Gasteiger partial charge is 0.266 e. The van der Waals surface area contributed by atoms with E-state index in [4.69, 9.17) is 21.1 Å². The molecule has 184 valence electrons. The van der Waals surface area contributed by atoms with Gasteiger partial charge in [-0.3, -0.25) is 9.59 Å². The molecule has 0 saturated heterocycles. The molecule has 9 heteroatoms. The van der Waals surface area contributed by atoms with Crippen LogP contribution in [0.2, 0.25) is 5.02 Å². The lowest BCUT2D eigenvalue weighted by Gasteiger charge is -2.14. The number of para-hydroxylation sites is 1. The van der Waals surface area contributed by atoms with Crippen LogP contribution >= 0.6 is 11.6 Å². The molecule has 0 heterocycles. The van der Waals surface area contributed by atoms with Crippen LogP contribution in [0.1, 0.15) is 16.7 Å². The summed E-state index contributed by atoms with van der Waals surface area (Å²) in [5.41, 5.74) is 2.80. The molecule has 0 aliphatic heterocycles. The van der Waals surface area contributed by atoms with E-state index in [0.717, 1.165) is 11.1 Å². The maximum absolute atomic E-state index is 13.7. The first-order valence-electron chi connectivity index (χ1n) is 10.8. The second kappa shape index (κ2) is 11.9. The molecule has 0 saturated carbocycles. The third kappa shape index (κ3) is 6.62. The molecule has 0 fully saturated rings. The van der Waals surface area contributed by atoms with Gasteiger partial charge in [-0.1, -0.05) is 41.4 Å². The van der Waals surface area contributed by atoms with E-state index in [1.54, 1.807) is 12.1 Å². The molecular weight excluding hydrogens is 485 g/mol. The van der Waals surface area contributed by atoms with Gasteiger partial charge in [-0.15, -0.1) is 0 Å². The molecule has 3 aromatic carbocycles. The second-order valence-corrected chi connectivity index (χ2v) is 8.20. The molecule has 0 aromatic heterocycles. The number of amides is 2. The predicted molar refractivity (Wildman–Crippen MR) is 137 cm³/mol. The zero-order valence-electron chi connectivity index (χ0n) is 19.8. The number of carbonyl (C=O) groups is 2. The first kappa shape index (κ1) is 26.3. The Morgan fingerprint density at radius 3 is 2.50 bits per heavy atom. The fraction of sp³-hybridized carbons (Fsp3) is 0.148. The molecule has 2 N–H and O–H groups in total. The first-order chi connectivity index (χ1) is 17.2. The van der Waals surface area contributed by atoms with E-state index in [9.17, 15) is 19.2 Å². The van der Waals surface area contributed by atoms with Gasteiger partial charge in [0.15, 0.2) is 18.1 Å². The van der Waals surface area contributed by atoms with Crippen LogP contribution in [0.15, 0.2) is 60.2 Å². The van der Waals surface area contributed by atoms with Crippen LogP contribution in [0.25, 0.3) is 6.08 Å². The van der Waals surface area contributed by atoms with Crippen molar-refractivity contribution in [2.24, 2.45) is 0 Å². The molecule has 0 bridgehead atoms. The molecule has 2 amide bonds. The number of nitrogens with zero attached hydrogens (tertiary/aromatic N) is 1. The Bertz CT molecular complexity index is 1380. The van der Waals surface area contributed by atoms with Crippen molar-refractivity contribution in [2.75, 3.05) is 24.4 Å². The van der Waals surface area contributed by atoms with Crippen LogP contribution in [0, 0.1) is 31.0 Å². The number of methoxy groups -OCH3 is 1. The summed E-state index contributed by atoms with van der Waals surface area (Å²) in [5, 5.41) is 14.8. The van der Waals surface area contributed by atoms with E-state index in [2.05, 4.69) is 10.6 Å². The number of nitriles is 1. The van der Waals surface area contributed by atoms with E-state index >= 15 is 0 Å². The Morgan fingerprint density at radius 1 is 1.08 bits per heavy atom. The Morgan fingerprint density at radius 2 is 1.83 bits per heavy atom. The second-order valence-electron chi connectivity index (χ2n) is 7.79. The minimum Gasteiger partial charge on any atom is -0.493 e. The molecular formula is C27H23ClFN3O4. The van der Waals surface area contributed by atoms with E-state index in [1.807, 2.05) is 32.0 Å². The van der Waals surface area contributed by atoms with Crippen LogP contribution in [0.4, 0.5) is 15.8 Å². The van der Waals surface area contributed by atoms with E-state index < -0.39 is 24.2 Å². The summed E-state index contributed by atoms with van der Waals surface area (Å²) >= 11 is 6.34. The lowest BCUT2D eigenvalue weighted by atomic mass is 10.1. The number of nitrogens with one attached hydrogen (secondary N) is 2. The van der Waals surface area contributed by atoms with Crippen molar-refractivity contribution in [1.82, 2.24) is 0 Å². The standard InChI is InChI=1S/C27H23ClFN3O4/c1-16-8-9-22(17(2)10-16)32-27(34)19(14-30)11-18-12-20(28)26(24(13-18)35-3)36-15-25(33)31-23-7-5-4-6-21(23)29/h4-13H,15H2,1-3H3,(H,31,33)(H,32,34)/b19-11+. The van der Waals surface area contributed by atoms with Crippen molar-refractivity contribution in [3.63, 3.8) is 0 Å². The number of hydrogen-bond acceptors (Lipinski definition) is 5. The highest BCUT2D eigenvalue weighted by Gasteiger charge is 2.16. The largest absolute Gasteiger partial charge is 0.493 e. The molecule has 3 rings (SSSR count). The Hall–Kier alpha value is -4.35. The van der Waals surface area contributed by atoms with Gasteiger partial charge in [-0.2, -0.15) is 5.26 Å². The lowest BCUT2D eigenvalue weighted by Crippen LogP contribution is -2.21. The van der Waals surface area contributed by atoms with Crippen LogP contribution < -0.4 is 20.1 Å². The fourth-order valence-corrected chi connectivity index (χ4v) is 3.58. The van der Waals surface area contributed by atoms with Gasteiger partial charge in [0.1, 0.15) is 17.5 Å². The van der Waals surface area contributed by atoms with Gasteiger partial charge >= 0.3 is 0 Å². The molecule has 0 radical (unpaired) electrons. The summed E-state index contributed by atoms with van der Waals surface area (Å²) in [6.07, 6.45) is 1.36. The summed E-state index contributed by atoms with van der Waals surface area (Å²) in [4.78, 5) is 24.9. The molecule has 0 aliphatic carbocycles. The minimum absolute atomic E-state index is 0.0211. The highest BCUT2D eigenvalue weighted by atomic mass is 35.5. The van der Waals surface area contributed by atoms with Crippen molar-refractivity contribution >= 4 is 40.9 Å². The number of benzene rings is 3. The number of anilines is 2. The molecule has 0 spiro atoms. The maximum atomic E-state index is 13.7. The summed E-state index contributed by atoms with van der Waals surface area (Å²) in [6, 6.07) is 16.2. The summed E-state index contributed by atoms with van der Waals surface area (Å²) < 4.78 is 24.6. The average molecular weight is 508 g/mol. The number of rotatable bonds is 8. The van der Waals surface area contributed by atoms with Crippen molar-refractivity contribution in [3.8, 4) is 17.6 Å². The van der Waals surface area contributed by atoms with Gasteiger partial charge in [0, 0.05) is 5.69 Å². The highest BCUT2D eigenvalue weighted by molar-refractivity contribution is 6.32. The SMILES string of the molecule is COc1cc(/C=C(\C#N)C(=O)Nc2ccc(C)cc2C)cc(Cl)c1OCC(=O)Nc1ccccc1F. The topological polar surface area (TPSA) is 100 Å². The van der Waals surface area contributed by atoms with Crippen molar-refractivity contribution in [3.05, 3.63) is 87.7 Å². The zero-order valence-corrected chi connectivity index (χ0v) is 20.6. The first-order valence-corrected chi connectivity index (χ1v) is 11.1. The molecule has 36 heavy (non-hydrogen) atoms. The van der Waals surface area contributed by atoms with Crippen LogP contribution in [-0.2, 0) is 9.59 Å². The van der Waals surface area contributed by atoms with E-state index in [1.165, 1.54) is 43.5 Å². The number of halogens is 2. The molecule has 0 unspecified atom stereocenters. The molecule has 3 aromatic rings. The average Bonchev–Trinajstić information content (AvgIpc) is 2.84. The van der Waals surface area contributed by atoms with Crippen LogP contribution in [-0.4, -0.2) is 25.5 Å². The van der Waals surface area contributed by atoms with E-state index in [0.29, 0.717) is 11.3 Å². The Balaban J connectivity index is 1.76. The number of ether oxygens (including phenoxy) is 2. The Labute approximate surface area is 213 Å². The fourth-order valence-electron chi connectivity index (χ4n) is 3.31. The van der Waals surface area contributed by atoms with E-state index in [-0.39, 0.29) is 27.8 Å². The van der Waals surface area contributed by atoms with Gasteiger partial charge in [0.2, 0.25) is 0 Å². The van der Waals surface area contributed by atoms with Gasteiger partial charge in [-0.25, -0.2) is 4.39 Å². The van der Waals surface area contributed by atoms with Crippen molar-refractivity contribution in [1.29, 1.82) is 5.26 Å². The summed E-state index contributed by atoms with van der Waals surface area (Å²) in [7, 11) is 1.38. The van der Waals surface area contributed by atoms with Gasteiger partial charge in [-0.05, 0) is 61.4 Å². The maximum Gasteiger partial charge on any atom is 0.266 e.